The van der Waals surface area contributed by atoms with Crippen molar-refractivity contribution in [1.82, 2.24) is 0 Å². The third-order valence-electron chi connectivity index (χ3n) is 3.25. The van der Waals surface area contributed by atoms with Gasteiger partial charge >= 0.3 is 5.97 Å². The van der Waals surface area contributed by atoms with E-state index in [9.17, 15) is 9.59 Å². The van der Waals surface area contributed by atoms with Crippen molar-refractivity contribution in [3.8, 4) is 0 Å². The highest BCUT2D eigenvalue weighted by Gasteiger charge is 2.13. The van der Waals surface area contributed by atoms with E-state index >= 15 is 0 Å². The number of unbranched alkanes of at least 4 members (excludes halogenated alkanes) is 4. The Labute approximate surface area is 110 Å². The van der Waals surface area contributed by atoms with E-state index in [0.717, 1.165) is 56.9 Å². The molecule has 102 valence electrons. The van der Waals surface area contributed by atoms with Crippen molar-refractivity contribution in [2.45, 2.75) is 64.7 Å². The lowest BCUT2D eigenvalue weighted by Crippen LogP contribution is -2.03. The molecule has 18 heavy (non-hydrogen) atoms. The van der Waals surface area contributed by atoms with Gasteiger partial charge in [0.1, 0.15) is 0 Å². The number of hydrogen-bond acceptors (Lipinski definition) is 3. The molecule has 0 radical (unpaired) electrons. The van der Waals surface area contributed by atoms with E-state index in [0.29, 0.717) is 18.8 Å². The Morgan fingerprint density at radius 2 is 1.94 bits per heavy atom. The number of ketones is 1. The van der Waals surface area contributed by atoms with Gasteiger partial charge in [-0.3, -0.25) is 9.59 Å². The van der Waals surface area contributed by atoms with Crippen molar-refractivity contribution in [3.63, 3.8) is 0 Å². The van der Waals surface area contributed by atoms with E-state index in [1.54, 1.807) is 0 Å². The van der Waals surface area contributed by atoms with Crippen molar-refractivity contribution in [1.29, 1.82) is 0 Å². The molecule has 0 bridgehead atoms. The second-order valence-corrected chi connectivity index (χ2v) is 4.76. The van der Waals surface area contributed by atoms with Crippen LogP contribution in [0, 0.1) is 0 Å². The lowest BCUT2D eigenvalue weighted by atomic mass is 10.0. The van der Waals surface area contributed by atoms with Gasteiger partial charge in [-0.15, -0.1) is 0 Å². The van der Waals surface area contributed by atoms with Gasteiger partial charge in [0.05, 0.1) is 6.61 Å². The molecule has 0 saturated carbocycles. The Balaban J connectivity index is 1.90. The summed E-state index contributed by atoms with van der Waals surface area (Å²) in [4.78, 5) is 22.4. The van der Waals surface area contributed by atoms with Crippen molar-refractivity contribution in [2.75, 3.05) is 6.61 Å². The molecule has 0 atom stereocenters. The molecule has 0 aliphatic heterocycles. The van der Waals surface area contributed by atoms with Crippen LogP contribution in [0.1, 0.15) is 64.7 Å². The van der Waals surface area contributed by atoms with Crippen molar-refractivity contribution in [2.24, 2.45) is 0 Å². The first-order valence-electron chi connectivity index (χ1n) is 7.12. The average Bonchev–Trinajstić information content (AvgIpc) is 2.74. The number of hydrogen-bond donors (Lipinski definition) is 0. The molecular weight excluding hydrogens is 228 g/mol. The number of ether oxygens (including phenoxy) is 1. The fourth-order valence-electron chi connectivity index (χ4n) is 2.24. The molecule has 3 heteroatoms. The summed E-state index contributed by atoms with van der Waals surface area (Å²) in [6.45, 7) is 2.30. The topological polar surface area (TPSA) is 43.4 Å². The van der Waals surface area contributed by atoms with E-state index in [-0.39, 0.29) is 5.97 Å². The van der Waals surface area contributed by atoms with E-state index < -0.39 is 0 Å². The second kappa shape index (κ2) is 8.90. The zero-order valence-corrected chi connectivity index (χ0v) is 11.4. The minimum absolute atomic E-state index is 0.0841. The Bertz CT molecular complexity index is 305. The Morgan fingerprint density at radius 3 is 2.61 bits per heavy atom. The van der Waals surface area contributed by atoms with Crippen LogP contribution >= 0.6 is 0 Å². The lowest BCUT2D eigenvalue weighted by molar-refractivity contribution is -0.143. The molecule has 0 aromatic heterocycles. The molecule has 0 spiro atoms. The summed E-state index contributed by atoms with van der Waals surface area (Å²) in [5.41, 5.74) is 1.04. The van der Waals surface area contributed by atoms with Crippen LogP contribution in [0.15, 0.2) is 11.6 Å². The highest BCUT2D eigenvalue weighted by atomic mass is 16.5. The fraction of sp³-hybridized carbons (Fsp3) is 0.733. The molecule has 1 rings (SSSR count). The number of Topliss-reactive ketones (excluding diaryl/α,β-unsaturated/α-hetero) is 1. The van der Waals surface area contributed by atoms with Gasteiger partial charge in [-0.25, -0.2) is 0 Å². The van der Waals surface area contributed by atoms with E-state index in [4.69, 9.17) is 4.74 Å². The minimum atomic E-state index is -0.0841. The van der Waals surface area contributed by atoms with Crippen LogP contribution in [0.4, 0.5) is 0 Å². The van der Waals surface area contributed by atoms with Crippen LogP contribution in [-0.2, 0) is 14.3 Å². The zero-order valence-electron chi connectivity index (χ0n) is 11.4. The van der Waals surface area contributed by atoms with Gasteiger partial charge in [0.25, 0.3) is 0 Å². The van der Waals surface area contributed by atoms with Gasteiger partial charge in [0.2, 0.25) is 0 Å². The van der Waals surface area contributed by atoms with Crippen molar-refractivity contribution in [3.05, 3.63) is 11.6 Å². The molecule has 0 amide bonds. The van der Waals surface area contributed by atoms with Crippen LogP contribution in [0.25, 0.3) is 0 Å². The summed E-state index contributed by atoms with van der Waals surface area (Å²) in [6.07, 6.45) is 10.6. The summed E-state index contributed by atoms with van der Waals surface area (Å²) in [5, 5.41) is 0. The standard InChI is InChI=1S/C15H24O3/c1-2-18-15(17)12-7-5-3-4-6-9-13-10-8-11-14(13)16/h10H,2-9,11-12H2,1H3. The predicted octanol–water partition coefficient (Wildman–Crippen LogP) is 3.57. The molecule has 0 N–H and O–H groups in total. The summed E-state index contributed by atoms with van der Waals surface area (Å²) in [7, 11) is 0. The quantitative estimate of drug-likeness (QED) is 0.465. The smallest absolute Gasteiger partial charge is 0.305 e. The largest absolute Gasteiger partial charge is 0.466 e. The van der Waals surface area contributed by atoms with Gasteiger partial charge in [-0.1, -0.05) is 25.3 Å². The molecule has 1 aliphatic rings. The Morgan fingerprint density at radius 1 is 1.22 bits per heavy atom. The maximum Gasteiger partial charge on any atom is 0.305 e. The normalized spacial score (nSPS) is 14.7. The average molecular weight is 252 g/mol. The van der Waals surface area contributed by atoms with Gasteiger partial charge in [0.15, 0.2) is 5.78 Å². The number of carbonyl (C=O) groups excluding carboxylic acids is 2. The maximum atomic E-state index is 11.4. The fourth-order valence-corrected chi connectivity index (χ4v) is 2.24. The molecule has 0 heterocycles. The van der Waals surface area contributed by atoms with E-state index in [2.05, 4.69) is 6.08 Å². The molecule has 0 saturated heterocycles. The molecular formula is C15H24O3. The summed E-state index contributed by atoms with van der Waals surface area (Å²) in [5.74, 6) is 0.261. The molecule has 0 unspecified atom stereocenters. The van der Waals surface area contributed by atoms with Crippen LogP contribution in [0.2, 0.25) is 0 Å². The highest BCUT2D eigenvalue weighted by Crippen LogP contribution is 2.20. The zero-order chi connectivity index (χ0) is 13.2. The van der Waals surface area contributed by atoms with E-state index in [1.807, 2.05) is 6.92 Å². The van der Waals surface area contributed by atoms with Crippen molar-refractivity contribution >= 4 is 11.8 Å². The summed E-state index contributed by atoms with van der Waals surface area (Å²) in [6, 6.07) is 0. The van der Waals surface area contributed by atoms with Crippen LogP contribution in [-0.4, -0.2) is 18.4 Å². The number of esters is 1. The summed E-state index contributed by atoms with van der Waals surface area (Å²) < 4.78 is 4.87. The first-order chi connectivity index (χ1) is 8.74. The second-order valence-electron chi connectivity index (χ2n) is 4.76. The van der Waals surface area contributed by atoms with Gasteiger partial charge in [-0.2, -0.15) is 0 Å². The Hall–Kier alpha value is -1.12. The highest BCUT2D eigenvalue weighted by molar-refractivity contribution is 5.97. The first-order valence-corrected chi connectivity index (χ1v) is 7.12. The monoisotopic (exact) mass is 252 g/mol. The number of allylic oxidation sites excluding steroid dienone is 2. The van der Waals surface area contributed by atoms with Crippen molar-refractivity contribution < 1.29 is 14.3 Å². The molecule has 3 nitrogen and oxygen atoms in total. The number of carbonyl (C=O) groups is 2. The van der Waals surface area contributed by atoms with E-state index in [1.165, 1.54) is 0 Å². The van der Waals surface area contributed by atoms with Crippen LogP contribution < -0.4 is 0 Å². The minimum Gasteiger partial charge on any atom is -0.466 e. The van der Waals surface area contributed by atoms with Crippen LogP contribution in [0.5, 0.6) is 0 Å². The van der Waals surface area contributed by atoms with Gasteiger partial charge in [-0.05, 0) is 38.2 Å². The van der Waals surface area contributed by atoms with Gasteiger partial charge in [0, 0.05) is 12.8 Å². The molecule has 0 aromatic rings. The SMILES string of the molecule is CCOC(=O)CCCCCCCC1=CCCC1=O. The lowest BCUT2D eigenvalue weighted by Gasteiger charge is -2.03. The number of rotatable bonds is 9. The molecule has 0 aromatic carbocycles. The third kappa shape index (κ3) is 5.99. The Kier molecular flexibility index (Phi) is 7.38. The molecule has 1 aliphatic carbocycles. The van der Waals surface area contributed by atoms with Crippen LogP contribution in [0.3, 0.4) is 0 Å². The first kappa shape index (κ1) is 14.9. The molecule has 0 fully saturated rings. The summed E-state index contributed by atoms with van der Waals surface area (Å²) >= 11 is 0. The third-order valence-corrected chi connectivity index (χ3v) is 3.25. The maximum absolute atomic E-state index is 11.4. The van der Waals surface area contributed by atoms with Gasteiger partial charge < -0.3 is 4.74 Å². The predicted molar refractivity (Wildman–Crippen MR) is 71.3 cm³/mol.